The summed E-state index contributed by atoms with van der Waals surface area (Å²) in [6.45, 7) is 12.9. The average Bonchev–Trinajstić information content (AvgIpc) is 2.60. The van der Waals surface area contributed by atoms with Crippen LogP contribution in [0.3, 0.4) is 0 Å². The number of nitrogens with one attached hydrogen (secondary N) is 1. The second-order valence-electron chi connectivity index (χ2n) is 4.96. The van der Waals surface area contributed by atoms with Crippen molar-refractivity contribution in [2.24, 2.45) is 5.92 Å². The molecule has 3 atom stereocenters. The third-order valence-corrected chi connectivity index (χ3v) is 3.45. The Hall–Kier alpha value is -0.0800. The summed E-state index contributed by atoms with van der Waals surface area (Å²) in [7, 11) is 0. The molecule has 84 valence electrons. The summed E-state index contributed by atoms with van der Waals surface area (Å²) >= 11 is 0. The summed E-state index contributed by atoms with van der Waals surface area (Å²) in [6, 6.07) is 1.37. The fourth-order valence-corrected chi connectivity index (χ4v) is 2.01. The molecular formula is C12H26N2. The monoisotopic (exact) mass is 198 g/mol. The summed E-state index contributed by atoms with van der Waals surface area (Å²) < 4.78 is 0. The molecule has 1 N–H and O–H groups in total. The molecule has 0 saturated carbocycles. The van der Waals surface area contributed by atoms with Crippen molar-refractivity contribution >= 4 is 0 Å². The maximum Gasteiger partial charge on any atom is 0.0192 e. The van der Waals surface area contributed by atoms with Gasteiger partial charge in [0.2, 0.25) is 0 Å². The molecule has 0 radical (unpaired) electrons. The molecule has 0 aromatic rings. The van der Waals surface area contributed by atoms with Crippen molar-refractivity contribution in [2.75, 3.05) is 19.6 Å². The lowest BCUT2D eigenvalue weighted by Gasteiger charge is -2.25. The van der Waals surface area contributed by atoms with E-state index in [-0.39, 0.29) is 0 Å². The molecule has 0 aliphatic carbocycles. The first-order chi connectivity index (χ1) is 6.63. The van der Waals surface area contributed by atoms with Gasteiger partial charge in [-0.1, -0.05) is 13.8 Å². The van der Waals surface area contributed by atoms with Gasteiger partial charge in [-0.25, -0.2) is 0 Å². The van der Waals surface area contributed by atoms with Crippen LogP contribution in [0.5, 0.6) is 0 Å². The highest BCUT2D eigenvalue weighted by Gasteiger charge is 2.22. The van der Waals surface area contributed by atoms with Gasteiger partial charge in [0.25, 0.3) is 0 Å². The Kier molecular flexibility index (Phi) is 4.90. The lowest BCUT2D eigenvalue weighted by molar-refractivity contribution is 0.239. The van der Waals surface area contributed by atoms with E-state index in [1.807, 2.05) is 0 Å². The highest BCUT2D eigenvalue weighted by molar-refractivity contribution is 4.78. The van der Waals surface area contributed by atoms with Crippen molar-refractivity contribution in [3.05, 3.63) is 0 Å². The fourth-order valence-electron chi connectivity index (χ4n) is 2.01. The third-order valence-electron chi connectivity index (χ3n) is 3.45. The van der Waals surface area contributed by atoms with E-state index < -0.39 is 0 Å². The summed E-state index contributed by atoms with van der Waals surface area (Å²) in [5.41, 5.74) is 0. The molecule has 0 aromatic carbocycles. The van der Waals surface area contributed by atoms with Gasteiger partial charge in [0.05, 0.1) is 0 Å². The van der Waals surface area contributed by atoms with Crippen molar-refractivity contribution in [1.82, 2.24) is 10.2 Å². The van der Waals surface area contributed by atoms with Crippen molar-refractivity contribution < 1.29 is 0 Å². The van der Waals surface area contributed by atoms with E-state index in [0.29, 0.717) is 12.1 Å². The highest BCUT2D eigenvalue weighted by Crippen LogP contribution is 2.17. The molecule has 1 aliphatic heterocycles. The summed E-state index contributed by atoms with van der Waals surface area (Å²) in [5.74, 6) is 0.904. The van der Waals surface area contributed by atoms with Gasteiger partial charge in [0.15, 0.2) is 0 Å². The van der Waals surface area contributed by atoms with Crippen molar-refractivity contribution in [2.45, 2.75) is 52.6 Å². The van der Waals surface area contributed by atoms with E-state index in [9.17, 15) is 0 Å². The van der Waals surface area contributed by atoms with Gasteiger partial charge in [-0.2, -0.15) is 0 Å². The molecule has 0 bridgehead atoms. The SMILES string of the molecule is CCC(C)NCC(C)N1CCC(C)C1. The molecule has 2 heteroatoms. The van der Waals surface area contributed by atoms with Crippen LogP contribution in [0.4, 0.5) is 0 Å². The summed E-state index contributed by atoms with van der Waals surface area (Å²) in [6.07, 6.45) is 2.61. The second-order valence-corrected chi connectivity index (χ2v) is 4.96. The molecule has 1 fully saturated rings. The van der Waals surface area contributed by atoms with E-state index in [2.05, 4.69) is 37.9 Å². The van der Waals surface area contributed by atoms with E-state index in [4.69, 9.17) is 0 Å². The Labute approximate surface area is 89.1 Å². The molecule has 1 heterocycles. The normalized spacial score (nSPS) is 27.9. The van der Waals surface area contributed by atoms with Crippen LogP contribution in [0.15, 0.2) is 0 Å². The topological polar surface area (TPSA) is 15.3 Å². The smallest absolute Gasteiger partial charge is 0.0192 e. The summed E-state index contributed by atoms with van der Waals surface area (Å²) in [4.78, 5) is 2.61. The van der Waals surface area contributed by atoms with Crippen LogP contribution in [-0.4, -0.2) is 36.6 Å². The van der Waals surface area contributed by atoms with Gasteiger partial charge < -0.3 is 5.32 Å². The number of likely N-dealkylation sites (tertiary alicyclic amines) is 1. The number of nitrogens with zero attached hydrogens (tertiary/aromatic N) is 1. The van der Waals surface area contributed by atoms with Crippen LogP contribution >= 0.6 is 0 Å². The van der Waals surface area contributed by atoms with Crippen molar-refractivity contribution in [3.63, 3.8) is 0 Å². The van der Waals surface area contributed by atoms with E-state index in [1.165, 1.54) is 25.9 Å². The largest absolute Gasteiger partial charge is 0.313 e. The minimum absolute atomic E-state index is 0.664. The van der Waals surface area contributed by atoms with Crippen molar-refractivity contribution in [3.8, 4) is 0 Å². The second kappa shape index (κ2) is 5.72. The number of rotatable bonds is 5. The molecule has 2 nitrogen and oxygen atoms in total. The zero-order valence-corrected chi connectivity index (χ0v) is 10.2. The van der Waals surface area contributed by atoms with Crippen LogP contribution in [0.25, 0.3) is 0 Å². The minimum Gasteiger partial charge on any atom is -0.313 e. The number of hydrogen-bond acceptors (Lipinski definition) is 2. The molecule has 0 amide bonds. The average molecular weight is 198 g/mol. The maximum atomic E-state index is 3.58. The van der Waals surface area contributed by atoms with E-state index in [1.54, 1.807) is 0 Å². The molecule has 3 unspecified atom stereocenters. The van der Waals surface area contributed by atoms with E-state index in [0.717, 1.165) is 12.5 Å². The predicted molar refractivity (Wildman–Crippen MR) is 62.6 cm³/mol. The maximum absolute atomic E-state index is 3.58. The quantitative estimate of drug-likeness (QED) is 0.728. The Bertz CT molecular complexity index is 158. The predicted octanol–water partition coefficient (Wildman–Crippen LogP) is 2.10. The first-order valence-electron chi connectivity index (χ1n) is 6.11. The Balaban J connectivity index is 2.18. The Morgan fingerprint density at radius 3 is 2.64 bits per heavy atom. The lowest BCUT2D eigenvalue weighted by atomic mass is 10.2. The molecule has 1 aliphatic rings. The third kappa shape index (κ3) is 3.58. The van der Waals surface area contributed by atoms with Gasteiger partial charge >= 0.3 is 0 Å². The van der Waals surface area contributed by atoms with Crippen LogP contribution in [-0.2, 0) is 0 Å². The molecule has 0 aromatic heterocycles. The zero-order valence-electron chi connectivity index (χ0n) is 10.2. The van der Waals surface area contributed by atoms with E-state index >= 15 is 0 Å². The minimum atomic E-state index is 0.664. The van der Waals surface area contributed by atoms with Gasteiger partial charge in [-0.15, -0.1) is 0 Å². The Morgan fingerprint density at radius 1 is 1.43 bits per heavy atom. The van der Waals surface area contributed by atoms with Crippen LogP contribution in [0.2, 0.25) is 0 Å². The van der Waals surface area contributed by atoms with Crippen LogP contribution in [0, 0.1) is 5.92 Å². The molecule has 14 heavy (non-hydrogen) atoms. The molecule has 1 saturated heterocycles. The molecular weight excluding hydrogens is 172 g/mol. The van der Waals surface area contributed by atoms with Gasteiger partial charge in [0, 0.05) is 25.2 Å². The molecule has 1 rings (SSSR count). The first kappa shape index (κ1) is 12.0. The van der Waals surface area contributed by atoms with Crippen molar-refractivity contribution in [1.29, 1.82) is 0 Å². The standard InChI is InChI=1S/C12H26N2/c1-5-11(3)13-8-12(4)14-7-6-10(2)9-14/h10-13H,5-9H2,1-4H3. The van der Waals surface area contributed by atoms with Gasteiger partial charge in [-0.05, 0) is 39.2 Å². The molecule has 0 spiro atoms. The van der Waals surface area contributed by atoms with Gasteiger partial charge in [0.1, 0.15) is 0 Å². The highest BCUT2D eigenvalue weighted by atomic mass is 15.2. The van der Waals surface area contributed by atoms with Gasteiger partial charge in [-0.3, -0.25) is 4.90 Å². The first-order valence-corrected chi connectivity index (χ1v) is 6.11. The Morgan fingerprint density at radius 2 is 2.14 bits per heavy atom. The fraction of sp³-hybridized carbons (Fsp3) is 1.00. The lowest BCUT2D eigenvalue weighted by Crippen LogP contribution is -2.41. The number of hydrogen-bond donors (Lipinski definition) is 1. The zero-order chi connectivity index (χ0) is 10.6. The van der Waals surface area contributed by atoms with Crippen LogP contribution in [0.1, 0.15) is 40.5 Å². The summed E-state index contributed by atoms with van der Waals surface area (Å²) in [5, 5.41) is 3.58. The van der Waals surface area contributed by atoms with Crippen LogP contribution < -0.4 is 5.32 Å².